The van der Waals surface area contributed by atoms with Gasteiger partial charge in [0.15, 0.2) is 11.5 Å². The molecule has 1 atom stereocenters. The van der Waals surface area contributed by atoms with Gasteiger partial charge in [-0.1, -0.05) is 18.2 Å². The van der Waals surface area contributed by atoms with Crippen LogP contribution in [0.2, 0.25) is 0 Å². The first-order valence-electron chi connectivity index (χ1n) is 14.6. The van der Waals surface area contributed by atoms with Crippen LogP contribution in [0, 0.1) is 0 Å². The number of fused-ring (bicyclic) bond motifs is 2. The molecule has 1 N–H and O–H groups in total. The average molecular weight is 583 g/mol. The SMILES string of the molecule is CCOC(=O)c1ccc2c(c1)NC(=O)C2C(=Nc1ccc(CC(=O)N2CCN(C)CC2)cc1)c1ccc2c(c1)OCCO2. The summed E-state index contributed by atoms with van der Waals surface area (Å²) in [5.41, 5.74) is 4.40. The van der Waals surface area contributed by atoms with E-state index in [9.17, 15) is 14.4 Å². The molecule has 222 valence electrons. The first-order chi connectivity index (χ1) is 20.9. The summed E-state index contributed by atoms with van der Waals surface area (Å²) in [7, 11) is 2.06. The van der Waals surface area contributed by atoms with Gasteiger partial charge in [0.05, 0.1) is 30.0 Å². The van der Waals surface area contributed by atoms with Gasteiger partial charge >= 0.3 is 5.97 Å². The van der Waals surface area contributed by atoms with Crippen molar-refractivity contribution in [2.24, 2.45) is 4.99 Å². The predicted molar refractivity (Wildman–Crippen MR) is 162 cm³/mol. The third kappa shape index (κ3) is 6.10. The summed E-state index contributed by atoms with van der Waals surface area (Å²) in [5.74, 6) is -0.0893. The van der Waals surface area contributed by atoms with E-state index in [0.717, 1.165) is 31.7 Å². The maximum Gasteiger partial charge on any atom is 0.338 e. The number of esters is 1. The summed E-state index contributed by atoms with van der Waals surface area (Å²) in [6, 6.07) is 18.1. The van der Waals surface area contributed by atoms with E-state index in [0.29, 0.717) is 64.9 Å². The van der Waals surface area contributed by atoms with Gasteiger partial charge in [0.1, 0.15) is 19.1 Å². The van der Waals surface area contributed by atoms with Gasteiger partial charge in [-0.3, -0.25) is 14.6 Å². The summed E-state index contributed by atoms with van der Waals surface area (Å²) >= 11 is 0. The van der Waals surface area contributed by atoms with E-state index in [1.54, 1.807) is 25.1 Å². The number of likely N-dealkylation sites (N-methyl/N-ethyl adjacent to an activating group) is 1. The lowest BCUT2D eigenvalue weighted by molar-refractivity contribution is -0.132. The molecule has 0 spiro atoms. The molecule has 43 heavy (non-hydrogen) atoms. The molecule has 0 radical (unpaired) electrons. The van der Waals surface area contributed by atoms with Crippen LogP contribution in [0.5, 0.6) is 11.5 Å². The minimum absolute atomic E-state index is 0.114. The van der Waals surface area contributed by atoms with E-state index in [1.165, 1.54) is 0 Å². The number of ether oxygens (including phenoxy) is 3. The third-order valence-electron chi connectivity index (χ3n) is 7.90. The highest BCUT2D eigenvalue weighted by atomic mass is 16.6. The first-order valence-corrected chi connectivity index (χ1v) is 14.6. The van der Waals surface area contributed by atoms with Gasteiger partial charge in [-0.05, 0) is 67.6 Å². The summed E-state index contributed by atoms with van der Waals surface area (Å²) in [6.07, 6.45) is 0.323. The molecule has 6 rings (SSSR count). The Morgan fingerprint density at radius 3 is 2.40 bits per heavy atom. The quantitative estimate of drug-likeness (QED) is 0.333. The fraction of sp³-hybridized carbons (Fsp3) is 0.333. The van der Waals surface area contributed by atoms with E-state index >= 15 is 0 Å². The third-order valence-corrected chi connectivity index (χ3v) is 7.90. The number of amides is 2. The minimum Gasteiger partial charge on any atom is -0.486 e. The molecule has 1 fully saturated rings. The molecular formula is C33H34N4O6. The molecule has 1 saturated heterocycles. The highest BCUT2D eigenvalue weighted by Gasteiger charge is 2.36. The molecule has 0 saturated carbocycles. The molecule has 3 aromatic carbocycles. The fourth-order valence-corrected chi connectivity index (χ4v) is 5.54. The number of carbonyl (C=O) groups is 3. The minimum atomic E-state index is -0.729. The van der Waals surface area contributed by atoms with Crippen molar-refractivity contribution < 1.29 is 28.6 Å². The normalized spacial score (nSPS) is 18.2. The second kappa shape index (κ2) is 12.3. The molecule has 3 aliphatic rings. The Bertz CT molecular complexity index is 1580. The second-order valence-electron chi connectivity index (χ2n) is 10.8. The summed E-state index contributed by atoms with van der Waals surface area (Å²) < 4.78 is 16.7. The molecule has 10 nitrogen and oxygen atoms in total. The van der Waals surface area contributed by atoms with Crippen molar-refractivity contribution in [3.05, 3.63) is 82.9 Å². The Hall–Kier alpha value is -4.70. The number of rotatable bonds is 7. The Kier molecular flexibility index (Phi) is 8.11. The molecule has 1 unspecified atom stereocenters. The number of nitrogens with zero attached hydrogens (tertiary/aromatic N) is 3. The van der Waals surface area contributed by atoms with E-state index in [2.05, 4.69) is 17.3 Å². The van der Waals surface area contributed by atoms with Gasteiger partial charge in [-0.15, -0.1) is 0 Å². The largest absolute Gasteiger partial charge is 0.486 e. The van der Waals surface area contributed by atoms with Crippen molar-refractivity contribution in [1.29, 1.82) is 0 Å². The van der Waals surface area contributed by atoms with Crippen LogP contribution >= 0.6 is 0 Å². The Labute approximate surface area is 250 Å². The van der Waals surface area contributed by atoms with Crippen molar-refractivity contribution in [1.82, 2.24) is 9.80 Å². The van der Waals surface area contributed by atoms with Crippen molar-refractivity contribution in [2.45, 2.75) is 19.3 Å². The van der Waals surface area contributed by atoms with Gasteiger partial charge in [-0.25, -0.2) is 4.79 Å². The van der Waals surface area contributed by atoms with E-state index < -0.39 is 11.9 Å². The summed E-state index contributed by atoms with van der Waals surface area (Å²) in [4.78, 5) is 47.8. The van der Waals surface area contributed by atoms with Crippen LogP contribution in [0.4, 0.5) is 11.4 Å². The van der Waals surface area contributed by atoms with Crippen LogP contribution in [0.1, 0.15) is 39.9 Å². The fourth-order valence-electron chi connectivity index (χ4n) is 5.54. The number of nitrogens with one attached hydrogen (secondary N) is 1. The Balaban J connectivity index is 1.32. The van der Waals surface area contributed by atoms with Crippen molar-refractivity contribution in [3.63, 3.8) is 0 Å². The smallest absolute Gasteiger partial charge is 0.338 e. The number of hydrogen-bond acceptors (Lipinski definition) is 8. The highest BCUT2D eigenvalue weighted by molar-refractivity contribution is 6.24. The van der Waals surface area contributed by atoms with Gasteiger partial charge < -0.3 is 29.3 Å². The monoisotopic (exact) mass is 582 g/mol. The lowest BCUT2D eigenvalue weighted by Crippen LogP contribution is -2.47. The predicted octanol–water partition coefficient (Wildman–Crippen LogP) is 3.81. The van der Waals surface area contributed by atoms with Crippen LogP contribution in [0.25, 0.3) is 0 Å². The number of piperazine rings is 1. The lowest BCUT2D eigenvalue weighted by Gasteiger charge is -2.32. The summed E-state index contributed by atoms with van der Waals surface area (Å²) in [5, 5.41) is 2.92. The van der Waals surface area contributed by atoms with Crippen molar-refractivity contribution >= 4 is 34.9 Å². The van der Waals surface area contributed by atoms with E-state index in [-0.39, 0.29) is 18.4 Å². The molecule has 0 bridgehead atoms. The Morgan fingerprint density at radius 1 is 0.930 bits per heavy atom. The Morgan fingerprint density at radius 2 is 1.65 bits per heavy atom. The number of anilines is 1. The highest BCUT2D eigenvalue weighted by Crippen LogP contribution is 2.39. The average Bonchev–Trinajstić information content (AvgIpc) is 3.35. The summed E-state index contributed by atoms with van der Waals surface area (Å²) in [6.45, 7) is 6.14. The zero-order chi connectivity index (χ0) is 29.9. The number of hydrogen-bond donors (Lipinski definition) is 1. The number of benzene rings is 3. The topological polar surface area (TPSA) is 110 Å². The van der Waals surface area contributed by atoms with Crippen LogP contribution in [0.15, 0.2) is 65.7 Å². The van der Waals surface area contributed by atoms with E-state index in [1.807, 2.05) is 47.4 Å². The molecule has 3 aromatic rings. The molecule has 3 aliphatic heterocycles. The first kappa shape index (κ1) is 28.4. The molecular weight excluding hydrogens is 548 g/mol. The number of aliphatic imine (C=N–C) groups is 1. The van der Waals surface area contributed by atoms with Crippen LogP contribution < -0.4 is 14.8 Å². The van der Waals surface area contributed by atoms with Gasteiger partial charge in [-0.2, -0.15) is 0 Å². The number of carbonyl (C=O) groups excluding carboxylic acids is 3. The van der Waals surface area contributed by atoms with Crippen LogP contribution in [-0.4, -0.2) is 86.3 Å². The van der Waals surface area contributed by atoms with Crippen molar-refractivity contribution in [2.75, 3.05) is 58.4 Å². The maximum atomic E-state index is 13.5. The molecule has 0 aromatic heterocycles. The van der Waals surface area contributed by atoms with Crippen LogP contribution in [0.3, 0.4) is 0 Å². The second-order valence-corrected chi connectivity index (χ2v) is 10.8. The van der Waals surface area contributed by atoms with Crippen LogP contribution in [-0.2, 0) is 20.7 Å². The molecule has 0 aliphatic carbocycles. The molecule has 3 heterocycles. The lowest BCUT2D eigenvalue weighted by atomic mass is 9.90. The zero-order valence-electron chi connectivity index (χ0n) is 24.3. The molecule has 10 heteroatoms. The van der Waals surface area contributed by atoms with Gasteiger partial charge in [0.25, 0.3) is 0 Å². The maximum absolute atomic E-state index is 13.5. The van der Waals surface area contributed by atoms with Crippen molar-refractivity contribution in [3.8, 4) is 11.5 Å². The zero-order valence-corrected chi connectivity index (χ0v) is 24.3. The van der Waals surface area contributed by atoms with Gasteiger partial charge in [0.2, 0.25) is 11.8 Å². The molecule has 2 amide bonds. The van der Waals surface area contributed by atoms with E-state index in [4.69, 9.17) is 19.2 Å². The van der Waals surface area contributed by atoms with Gasteiger partial charge in [0, 0.05) is 37.4 Å². The standard InChI is InChI=1S/C33H34N4O6/c1-3-41-33(40)23-6-10-25-26(19-23)35-32(39)30(25)31(22-7-11-27-28(20-22)43-17-16-42-27)34-24-8-4-21(5-9-24)18-29(38)37-14-12-36(2)13-15-37/h4-11,19-20,30H,3,12-18H2,1-2H3,(H,35,39).